The van der Waals surface area contributed by atoms with E-state index in [1.54, 1.807) is 36.4 Å². The molecule has 2 saturated heterocycles. The molecule has 3 aromatic carbocycles. The highest BCUT2D eigenvalue weighted by atomic mass is 79.9. The number of nitrogens with zero attached hydrogens (tertiary/aromatic N) is 1. The van der Waals surface area contributed by atoms with Gasteiger partial charge in [-0.15, -0.1) is 0 Å². The minimum absolute atomic E-state index is 0.0390. The third-order valence-corrected chi connectivity index (χ3v) is 7.70. The van der Waals surface area contributed by atoms with Crippen molar-refractivity contribution in [1.82, 2.24) is 0 Å². The van der Waals surface area contributed by atoms with Gasteiger partial charge >= 0.3 is 6.18 Å². The molecule has 2 fully saturated rings. The lowest BCUT2D eigenvalue weighted by Crippen LogP contribution is -2.51. The molecule has 10 heteroatoms. The lowest BCUT2D eigenvalue weighted by Gasteiger charge is -2.28. The highest BCUT2D eigenvalue weighted by Gasteiger charge is 2.75. The Morgan fingerprint density at radius 3 is 1.95 bits per heavy atom. The number of hydrogen-bond acceptors (Lipinski definition) is 5. The number of amides is 2. The van der Waals surface area contributed by atoms with Crippen molar-refractivity contribution in [3.8, 4) is 0 Å². The zero-order valence-corrected chi connectivity index (χ0v) is 20.2. The molecule has 3 aliphatic rings. The smallest absolute Gasteiger partial charge is 0.349 e. The summed E-state index contributed by atoms with van der Waals surface area (Å²) in [4.78, 5) is 55.5. The van der Waals surface area contributed by atoms with Crippen molar-refractivity contribution in [2.24, 2.45) is 11.8 Å². The van der Waals surface area contributed by atoms with E-state index in [9.17, 15) is 32.3 Å². The zero-order chi connectivity index (χ0) is 26.3. The van der Waals surface area contributed by atoms with Crippen LogP contribution in [0.1, 0.15) is 37.9 Å². The van der Waals surface area contributed by atoms with Crippen LogP contribution in [0.5, 0.6) is 0 Å². The molecule has 37 heavy (non-hydrogen) atoms. The summed E-state index contributed by atoms with van der Waals surface area (Å²) in [6.07, 6.45) is -6.08. The number of halogens is 4. The van der Waals surface area contributed by atoms with Gasteiger partial charge in [0.05, 0.1) is 29.2 Å². The number of imide groups is 1. The van der Waals surface area contributed by atoms with Crippen molar-refractivity contribution in [2.45, 2.75) is 17.9 Å². The fourth-order valence-electron chi connectivity index (χ4n) is 5.62. The number of para-hydroxylation sites is 1. The van der Waals surface area contributed by atoms with Gasteiger partial charge in [-0.05, 0) is 29.8 Å². The Balaban J connectivity index is 1.56. The van der Waals surface area contributed by atoms with Gasteiger partial charge in [-0.25, -0.2) is 4.90 Å². The molecule has 186 valence electrons. The Hall–Kier alpha value is -3.63. The minimum Gasteiger partial charge on any atom is -0.349 e. The maximum Gasteiger partial charge on any atom is 0.418 e. The number of ether oxygens (including phenoxy) is 1. The van der Waals surface area contributed by atoms with Crippen molar-refractivity contribution in [3.63, 3.8) is 0 Å². The molecule has 3 atom stereocenters. The van der Waals surface area contributed by atoms with E-state index in [4.69, 9.17) is 4.74 Å². The number of alkyl halides is 3. The van der Waals surface area contributed by atoms with Gasteiger partial charge in [-0.1, -0.05) is 64.5 Å². The van der Waals surface area contributed by atoms with Crippen LogP contribution in [-0.4, -0.2) is 29.0 Å². The van der Waals surface area contributed by atoms with Crippen LogP contribution >= 0.6 is 15.9 Å². The summed E-state index contributed by atoms with van der Waals surface area (Å²) in [5, 5.41) is 0. The van der Waals surface area contributed by atoms with Crippen molar-refractivity contribution in [1.29, 1.82) is 0 Å². The van der Waals surface area contributed by atoms with Crippen LogP contribution < -0.4 is 4.90 Å². The van der Waals surface area contributed by atoms with Gasteiger partial charge < -0.3 is 4.74 Å². The van der Waals surface area contributed by atoms with Gasteiger partial charge in [0.2, 0.25) is 29.0 Å². The predicted molar refractivity (Wildman–Crippen MR) is 127 cm³/mol. The molecule has 0 N–H and O–H groups in total. The average Bonchev–Trinajstić information content (AvgIpc) is 3.44. The number of hydrogen-bond donors (Lipinski definition) is 0. The fraction of sp³-hybridized carbons (Fsp3) is 0.185. The number of Topliss-reactive ketones (excluding diaryl/α,β-unsaturated/α-hetero) is 2. The van der Waals surface area contributed by atoms with E-state index >= 15 is 0 Å². The van der Waals surface area contributed by atoms with E-state index in [2.05, 4.69) is 15.9 Å². The first-order valence-corrected chi connectivity index (χ1v) is 12.0. The molecule has 6 nitrogen and oxygen atoms in total. The molecule has 0 bridgehead atoms. The summed E-state index contributed by atoms with van der Waals surface area (Å²) in [6.45, 7) is 0. The number of benzene rings is 3. The molecular weight excluding hydrogens is 555 g/mol. The van der Waals surface area contributed by atoms with Gasteiger partial charge in [0.25, 0.3) is 0 Å². The SMILES string of the molecule is O=C1[C@@H]2[C@@H](C(=O)N1c1ccccc1C(F)(F)F)C1(O[C@H]2c2ccc(Br)cc2)C(=O)c2ccccc2C1=O. The number of carbonyl (C=O) groups is 4. The standard InChI is InChI=1S/C27H15BrF3NO5/c28-14-11-9-13(10-12-14)21-19-20(26(37-21)22(33)15-5-1-2-6-16(15)23(26)34)25(36)32(24(19)35)18-8-4-3-7-17(18)27(29,30)31/h1-12,19-21H/t19-,20+,21+/m1/s1. The number of anilines is 1. The van der Waals surface area contributed by atoms with Gasteiger partial charge in [-0.2, -0.15) is 13.2 Å². The van der Waals surface area contributed by atoms with E-state index in [1.807, 2.05) is 0 Å². The minimum atomic E-state index is -4.86. The maximum atomic E-state index is 13.9. The van der Waals surface area contributed by atoms with Crippen LogP contribution in [0.4, 0.5) is 18.9 Å². The molecule has 1 spiro atoms. The van der Waals surface area contributed by atoms with Crippen molar-refractivity contribution in [3.05, 3.63) is 99.5 Å². The monoisotopic (exact) mass is 569 g/mol. The molecule has 1 aliphatic carbocycles. The summed E-state index contributed by atoms with van der Waals surface area (Å²) < 4.78 is 48.3. The zero-order valence-electron chi connectivity index (χ0n) is 18.7. The fourth-order valence-corrected chi connectivity index (χ4v) is 5.88. The highest BCUT2D eigenvalue weighted by Crippen LogP contribution is 2.58. The van der Waals surface area contributed by atoms with Gasteiger partial charge in [0.15, 0.2) is 0 Å². The molecule has 2 amide bonds. The Morgan fingerprint density at radius 2 is 1.35 bits per heavy atom. The molecular formula is C27H15BrF3NO5. The highest BCUT2D eigenvalue weighted by molar-refractivity contribution is 9.10. The Labute approximate surface area is 216 Å². The second kappa shape index (κ2) is 7.93. The Morgan fingerprint density at radius 1 is 0.784 bits per heavy atom. The molecule has 0 saturated carbocycles. The van der Waals surface area contributed by atoms with E-state index in [-0.39, 0.29) is 11.1 Å². The molecule has 2 heterocycles. The van der Waals surface area contributed by atoms with E-state index in [0.717, 1.165) is 18.2 Å². The van der Waals surface area contributed by atoms with E-state index < -0.39 is 64.3 Å². The topological polar surface area (TPSA) is 80.8 Å². The second-order valence-corrected chi connectivity index (χ2v) is 9.98. The quantitative estimate of drug-likeness (QED) is 0.314. The lowest BCUT2D eigenvalue weighted by molar-refractivity contribution is -0.137. The molecule has 0 unspecified atom stereocenters. The lowest BCUT2D eigenvalue weighted by atomic mass is 9.77. The first kappa shape index (κ1) is 23.7. The van der Waals surface area contributed by atoms with Crippen molar-refractivity contribution >= 4 is 45.0 Å². The van der Waals surface area contributed by atoms with Gasteiger partial charge in [0, 0.05) is 15.6 Å². The number of carbonyl (C=O) groups excluding carboxylic acids is 4. The summed E-state index contributed by atoms with van der Waals surface area (Å²) in [6, 6.07) is 16.7. The average molecular weight is 570 g/mol. The van der Waals surface area contributed by atoms with Crippen LogP contribution in [0.3, 0.4) is 0 Å². The Bertz CT molecular complexity index is 1480. The molecule has 6 rings (SSSR count). The number of ketones is 2. The normalized spacial score (nSPS) is 24.2. The van der Waals surface area contributed by atoms with Crippen LogP contribution in [0.15, 0.2) is 77.3 Å². The summed E-state index contributed by atoms with van der Waals surface area (Å²) in [5.74, 6) is -6.64. The van der Waals surface area contributed by atoms with Crippen LogP contribution in [0.2, 0.25) is 0 Å². The first-order valence-electron chi connectivity index (χ1n) is 11.2. The van der Waals surface area contributed by atoms with Crippen LogP contribution in [0.25, 0.3) is 0 Å². The predicted octanol–water partition coefficient (Wildman–Crippen LogP) is 5.16. The number of fused-ring (bicyclic) bond motifs is 3. The summed E-state index contributed by atoms with van der Waals surface area (Å²) >= 11 is 3.31. The Kier molecular flexibility index (Phi) is 5.09. The summed E-state index contributed by atoms with van der Waals surface area (Å²) in [7, 11) is 0. The maximum absolute atomic E-state index is 13.9. The van der Waals surface area contributed by atoms with Crippen LogP contribution in [0, 0.1) is 11.8 Å². The largest absolute Gasteiger partial charge is 0.418 e. The van der Waals surface area contributed by atoms with E-state index in [0.29, 0.717) is 14.9 Å². The molecule has 0 radical (unpaired) electrons. The third-order valence-electron chi connectivity index (χ3n) is 7.17. The van der Waals surface area contributed by atoms with E-state index in [1.165, 1.54) is 18.2 Å². The van der Waals surface area contributed by atoms with Crippen LogP contribution in [-0.2, 0) is 20.5 Å². The molecule has 0 aromatic heterocycles. The van der Waals surface area contributed by atoms with Gasteiger partial charge in [-0.3, -0.25) is 19.2 Å². The third kappa shape index (κ3) is 3.15. The first-order chi connectivity index (χ1) is 17.6. The summed E-state index contributed by atoms with van der Waals surface area (Å²) in [5.41, 5.74) is -3.72. The van der Waals surface area contributed by atoms with Crippen molar-refractivity contribution in [2.75, 3.05) is 4.90 Å². The molecule has 2 aliphatic heterocycles. The van der Waals surface area contributed by atoms with Gasteiger partial charge in [0.1, 0.15) is 0 Å². The molecule has 3 aromatic rings. The number of rotatable bonds is 2. The van der Waals surface area contributed by atoms with Crippen molar-refractivity contribution < 1.29 is 37.1 Å². The second-order valence-electron chi connectivity index (χ2n) is 9.06.